The molecule has 0 saturated heterocycles. The smallest absolute Gasteiger partial charge is 0.0295 e. The first-order valence-electron chi connectivity index (χ1n) is 7.68. The van der Waals surface area contributed by atoms with Gasteiger partial charge in [-0.15, -0.1) is 0 Å². The minimum atomic E-state index is 0.510. The van der Waals surface area contributed by atoms with Gasteiger partial charge in [-0.25, -0.2) is 0 Å². The van der Waals surface area contributed by atoms with Gasteiger partial charge in [-0.05, 0) is 49.4 Å². The Kier molecular flexibility index (Phi) is 4.48. The van der Waals surface area contributed by atoms with Crippen molar-refractivity contribution < 1.29 is 0 Å². The van der Waals surface area contributed by atoms with Crippen molar-refractivity contribution in [3.05, 3.63) is 0 Å². The van der Waals surface area contributed by atoms with E-state index in [0.29, 0.717) is 11.5 Å². The quantitative estimate of drug-likeness (QED) is 0.580. The van der Waals surface area contributed by atoms with Crippen LogP contribution >= 0.6 is 0 Å². The summed E-state index contributed by atoms with van der Waals surface area (Å²) in [6, 6.07) is 0.567. The topological polar surface area (TPSA) is 38.0 Å². The molecule has 3 N–H and O–H groups in total. The van der Waals surface area contributed by atoms with Gasteiger partial charge in [-0.1, -0.05) is 39.5 Å². The lowest BCUT2D eigenvalue weighted by Crippen LogP contribution is -2.52. The van der Waals surface area contributed by atoms with Crippen LogP contribution < -0.4 is 11.3 Å². The first kappa shape index (κ1) is 13.4. The second-order valence-corrected chi connectivity index (χ2v) is 6.60. The number of hydrogen-bond donors (Lipinski definition) is 2. The Balaban J connectivity index is 2.08. The Morgan fingerprint density at radius 3 is 2.47 bits per heavy atom. The number of hydrogen-bond acceptors (Lipinski definition) is 2. The second-order valence-electron chi connectivity index (χ2n) is 6.60. The van der Waals surface area contributed by atoms with E-state index in [0.717, 1.165) is 11.8 Å². The molecular formula is C15H30N2. The molecule has 2 heteroatoms. The summed E-state index contributed by atoms with van der Waals surface area (Å²) in [6.45, 7) is 4.77. The summed E-state index contributed by atoms with van der Waals surface area (Å²) in [4.78, 5) is 0. The molecular weight excluding hydrogens is 208 g/mol. The molecule has 0 radical (unpaired) electrons. The highest BCUT2D eigenvalue weighted by Gasteiger charge is 2.43. The van der Waals surface area contributed by atoms with Gasteiger partial charge in [0.1, 0.15) is 0 Å². The Morgan fingerprint density at radius 1 is 1.24 bits per heavy atom. The van der Waals surface area contributed by atoms with Crippen molar-refractivity contribution in [1.82, 2.24) is 5.43 Å². The fourth-order valence-corrected chi connectivity index (χ4v) is 4.56. The zero-order chi connectivity index (χ0) is 12.3. The van der Waals surface area contributed by atoms with Gasteiger partial charge in [0.2, 0.25) is 0 Å². The van der Waals surface area contributed by atoms with Gasteiger partial charge in [-0.2, -0.15) is 0 Å². The monoisotopic (exact) mass is 238 g/mol. The average molecular weight is 238 g/mol. The maximum absolute atomic E-state index is 5.94. The molecule has 0 aromatic rings. The maximum Gasteiger partial charge on any atom is 0.0295 e. The first-order chi connectivity index (χ1) is 8.22. The molecule has 2 nitrogen and oxygen atoms in total. The fraction of sp³-hybridized carbons (Fsp3) is 1.00. The Hall–Kier alpha value is -0.0800. The molecule has 3 unspecified atom stereocenters. The largest absolute Gasteiger partial charge is 0.271 e. The highest BCUT2D eigenvalue weighted by molar-refractivity contribution is 4.97. The van der Waals surface area contributed by atoms with E-state index in [-0.39, 0.29) is 0 Å². The number of nitrogens with two attached hydrogens (primary N) is 1. The van der Waals surface area contributed by atoms with Crippen LogP contribution in [0, 0.1) is 17.3 Å². The molecule has 0 bridgehead atoms. The number of hydrazine groups is 1. The van der Waals surface area contributed by atoms with Gasteiger partial charge in [0.25, 0.3) is 0 Å². The molecule has 2 fully saturated rings. The standard InChI is InChI=1S/C15H30N2/c1-3-15(9-4-5-10-15)14(17-16)13-8-6-7-12(2)11-13/h12-14,17H,3-11,16H2,1-2H3. The Morgan fingerprint density at radius 2 is 1.94 bits per heavy atom. The van der Waals surface area contributed by atoms with Crippen molar-refractivity contribution in [3.8, 4) is 0 Å². The zero-order valence-corrected chi connectivity index (χ0v) is 11.7. The van der Waals surface area contributed by atoms with Gasteiger partial charge in [-0.3, -0.25) is 11.3 Å². The third-order valence-electron chi connectivity index (χ3n) is 5.59. The first-order valence-corrected chi connectivity index (χ1v) is 7.68. The van der Waals surface area contributed by atoms with Crippen LogP contribution in [0.5, 0.6) is 0 Å². The molecule has 17 heavy (non-hydrogen) atoms. The fourth-order valence-electron chi connectivity index (χ4n) is 4.56. The molecule has 2 rings (SSSR count). The summed E-state index contributed by atoms with van der Waals surface area (Å²) in [5.41, 5.74) is 3.74. The van der Waals surface area contributed by atoms with Gasteiger partial charge in [0, 0.05) is 6.04 Å². The molecule has 0 amide bonds. The van der Waals surface area contributed by atoms with E-state index in [2.05, 4.69) is 19.3 Å². The summed E-state index contributed by atoms with van der Waals surface area (Å²) >= 11 is 0. The number of nitrogens with one attached hydrogen (secondary N) is 1. The van der Waals surface area contributed by atoms with E-state index in [1.807, 2.05) is 0 Å². The lowest BCUT2D eigenvalue weighted by molar-refractivity contribution is 0.0964. The van der Waals surface area contributed by atoms with Crippen molar-refractivity contribution in [2.45, 2.75) is 77.7 Å². The van der Waals surface area contributed by atoms with Crippen LogP contribution in [0.15, 0.2) is 0 Å². The molecule has 2 aliphatic rings. The molecule has 0 aliphatic heterocycles. The second kappa shape index (κ2) is 5.71. The van der Waals surface area contributed by atoms with Crippen molar-refractivity contribution >= 4 is 0 Å². The summed E-state index contributed by atoms with van der Waals surface area (Å²) in [6.07, 6.45) is 12.5. The summed E-state index contributed by atoms with van der Waals surface area (Å²) in [5.74, 6) is 7.66. The molecule has 0 heterocycles. The van der Waals surface area contributed by atoms with Gasteiger partial charge < -0.3 is 0 Å². The average Bonchev–Trinajstić information content (AvgIpc) is 2.80. The molecule has 2 saturated carbocycles. The Bertz CT molecular complexity index is 233. The summed E-state index contributed by atoms with van der Waals surface area (Å²) in [5, 5.41) is 0. The molecule has 2 aliphatic carbocycles. The van der Waals surface area contributed by atoms with E-state index in [9.17, 15) is 0 Å². The molecule has 0 aromatic heterocycles. The van der Waals surface area contributed by atoms with Crippen LogP contribution in [-0.2, 0) is 0 Å². The maximum atomic E-state index is 5.94. The predicted molar refractivity (Wildman–Crippen MR) is 73.4 cm³/mol. The van der Waals surface area contributed by atoms with E-state index in [1.165, 1.54) is 57.8 Å². The minimum Gasteiger partial charge on any atom is -0.271 e. The lowest BCUT2D eigenvalue weighted by Gasteiger charge is -2.44. The molecule has 100 valence electrons. The van der Waals surface area contributed by atoms with Crippen LogP contribution in [0.4, 0.5) is 0 Å². The molecule has 0 aromatic carbocycles. The van der Waals surface area contributed by atoms with E-state index in [4.69, 9.17) is 5.84 Å². The van der Waals surface area contributed by atoms with Crippen molar-refractivity contribution in [1.29, 1.82) is 0 Å². The van der Waals surface area contributed by atoms with Crippen LogP contribution in [0.3, 0.4) is 0 Å². The van der Waals surface area contributed by atoms with Crippen LogP contribution in [0.25, 0.3) is 0 Å². The summed E-state index contributed by atoms with van der Waals surface area (Å²) < 4.78 is 0. The third kappa shape index (κ3) is 2.68. The summed E-state index contributed by atoms with van der Waals surface area (Å²) in [7, 11) is 0. The molecule has 0 spiro atoms. The van der Waals surface area contributed by atoms with Crippen LogP contribution in [0.1, 0.15) is 71.6 Å². The van der Waals surface area contributed by atoms with Crippen molar-refractivity contribution in [2.24, 2.45) is 23.1 Å². The van der Waals surface area contributed by atoms with Crippen molar-refractivity contribution in [3.63, 3.8) is 0 Å². The van der Waals surface area contributed by atoms with Crippen LogP contribution in [0.2, 0.25) is 0 Å². The van der Waals surface area contributed by atoms with E-state index >= 15 is 0 Å². The Labute approximate surface area is 107 Å². The third-order valence-corrected chi connectivity index (χ3v) is 5.59. The van der Waals surface area contributed by atoms with Gasteiger partial charge >= 0.3 is 0 Å². The van der Waals surface area contributed by atoms with Gasteiger partial charge in [0.05, 0.1) is 0 Å². The lowest BCUT2D eigenvalue weighted by atomic mass is 9.66. The highest BCUT2D eigenvalue weighted by Crippen LogP contribution is 2.48. The number of rotatable bonds is 4. The normalized spacial score (nSPS) is 34.8. The molecule has 3 atom stereocenters. The van der Waals surface area contributed by atoms with Crippen molar-refractivity contribution in [2.75, 3.05) is 0 Å². The highest BCUT2D eigenvalue weighted by atomic mass is 15.2. The van der Waals surface area contributed by atoms with Gasteiger partial charge in [0.15, 0.2) is 0 Å². The SMILES string of the molecule is CCC1(C(NN)C2CCCC(C)C2)CCCC1. The zero-order valence-electron chi connectivity index (χ0n) is 11.7. The van der Waals surface area contributed by atoms with Crippen LogP contribution in [-0.4, -0.2) is 6.04 Å². The van der Waals surface area contributed by atoms with E-state index in [1.54, 1.807) is 0 Å². The minimum absolute atomic E-state index is 0.510. The van der Waals surface area contributed by atoms with E-state index < -0.39 is 0 Å². The predicted octanol–water partition coefficient (Wildman–Crippen LogP) is 3.62.